The summed E-state index contributed by atoms with van der Waals surface area (Å²) in [6, 6.07) is 9.88. The number of anilines is 2. The number of nitrogen functional groups attached to an aromatic ring is 1. The van der Waals surface area contributed by atoms with Crippen LogP contribution in [0, 0.1) is 5.41 Å². The third kappa shape index (κ3) is 4.24. The van der Waals surface area contributed by atoms with Crippen molar-refractivity contribution in [1.82, 2.24) is 10.1 Å². The molecule has 0 saturated heterocycles. The largest absolute Gasteiger partial charge is 0.507 e. The molecule has 0 saturated carbocycles. The molecule has 0 unspecified atom stereocenters. The Hall–Kier alpha value is -3.88. The number of carboxylic acids is 1. The van der Waals surface area contributed by atoms with Crippen LogP contribution in [-0.2, 0) is 16.8 Å². The van der Waals surface area contributed by atoms with Gasteiger partial charge in [0.05, 0.1) is 5.56 Å². The van der Waals surface area contributed by atoms with Crippen LogP contribution in [0.3, 0.4) is 0 Å². The normalized spacial score (nSPS) is 11.3. The van der Waals surface area contributed by atoms with Gasteiger partial charge in [0.1, 0.15) is 11.5 Å². The Morgan fingerprint density at radius 1 is 1.27 bits per heavy atom. The first-order valence-corrected chi connectivity index (χ1v) is 9.19. The molecule has 0 spiro atoms. The summed E-state index contributed by atoms with van der Waals surface area (Å²) in [6.07, 6.45) is 0. The molecule has 9 heteroatoms. The molecule has 2 aromatic carbocycles. The maximum Gasteiger partial charge on any atom is 0.354 e. The lowest BCUT2D eigenvalue weighted by molar-refractivity contribution is -0.129. The van der Waals surface area contributed by atoms with Gasteiger partial charge in [-0.2, -0.15) is 4.98 Å². The summed E-state index contributed by atoms with van der Waals surface area (Å²) in [4.78, 5) is 15.4. The number of carbonyl (C=O) groups is 1. The highest BCUT2D eigenvalue weighted by atomic mass is 16.5. The minimum absolute atomic E-state index is 0.00283. The number of rotatable bonds is 6. The van der Waals surface area contributed by atoms with Crippen LogP contribution in [0.2, 0.25) is 0 Å². The zero-order valence-corrected chi connectivity index (χ0v) is 16.9. The summed E-state index contributed by atoms with van der Waals surface area (Å²) in [6.45, 7) is 6.13. The predicted octanol–water partition coefficient (Wildman–Crippen LogP) is 3.39. The topological polar surface area (TPSA) is 158 Å². The molecular formula is C21H23N5O4. The fourth-order valence-electron chi connectivity index (χ4n) is 2.74. The van der Waals surface area contributed by atoms with E-state index in [0.717, 1.165) is 0 Å². The van der Waals surface area contributed by atoms with Crippen LogP contribution in [0.4, 0.5) is 11.4 Å². The predicted molar refractivity (Wildman–Crippen MR) is 113 cm³/mol. The molecule has 0 atom stereocenters. The average molecular weight is 409 g/mol. The number of aromatic nitrogens is 2. The van der Waals surface area contributed by atoms with E-state index in [0.29, 0.717) is 22.6 Å². The van der Waals surface area contributed by atoms with Crippen molar-refractivity contribution in [1.29, 1.82) is 5.41 Å². The van der Waals surface area contributed by atoms with Crippen LogP contribution in [0.1, 0.15) is 37.7 Å². The van der Waals surface area contributed by atoms with Crippen molar-refractivity contribution in [2.75, 3.05) is 11.1 Å². The van der Waals surface area contributed by atoms with E-state index >= 15 is 0 Å². The summed E-state index contributed by atoms with van der Waals surface area (Å²) in [5.74, 6) is -0.596. The fourth-order valence-corrected chi connectivity index (χ4v) is 2.74. The molecule has 0 amide bonds. The number of aromatic hydroxyl groups is 1. The Balaban J connectivity index is 1.83. The molecule has 30 heavy (non-hydrogen) atoms. The molecule has 0 aliphatic carbocycles. The second kappa shape index (κ2) is 7.86. The third-order valence-electron chi connectivity index (χ3n) is 4.47. The molecule has 0 bridgehead atoms. The van der Waals surface area contributed by atoms with E-state index in [4.69, 9.17) is 20.8 Å². The molecule has 0 radical (unpaired) electrons. The second-order valence-electron chi connectivity index (χ2n) is 7.82. The number of benzene rings is 2. The lowest BCUT2D eigenvalue weighted by Crippen LogP contribution is -2.15. The van der Waals surface area contributed by atoms with Gasteiger partial charge in [-0.3, -0.25) is 5.41 Å². The molecule has 0 fully saturated rings. The van der Waals surface area contributed by atoms with Crippen molar-refractivity contribution >= 4 is 23.1 Å². The zero-order chi connectivity index (χ0) is 22.1. The summed E-state index contributed by atoms with van der Waals surface area (Å²) in [5, 5.41) is 34.5. The summed E-state index contributed by atoms with van der Waals surface area (Å²) in [7, 11) is 0. The van der Waals surface area contributed by atoms with E-state index in [1.165, 1.54) is 12.1 Å². The van der Waals surface area contributed by atoms with Crippen molar-refractivity contribution in [3.63, 3.8) is 0 Å². The monoisotopic (exact) mass is 409 g/mol. The van der Waals surface area contributed by atoms with Crippen molar-refractivity contribution < 1.29 is 19.5 Å². The molecule has 0 aliphatic heterocycles. The summed E-state index contributed by atoms with van der Waals surface area (Å²) < 4.78 is 5.32. The fraction of sp³-hybridized carbons (Fsp3) is 0.238. The van der Waals surface area contributed by atoms with Gasteiger partial charge >= 0.3 is 5.97 Å². The Morgan fingerprint density at radius 3 is 2.63 bits per heavy atom. The average Bonchev–Trinajstić information content (AvgIpc) is 3.18. The van der Waals surface area contributed by atoms with Gasteiger partial charge in [-0.05, 0) is 24.3 Å². The van der Waals surface area contributed by atoms with Gasteiger partial charge in [0, 0.05) is 34.5 Å². The number of aliphatic carboxylic acids is 1. The van der Waals surface area contributed by atoms with E-state index < -0.39 is 11.7 Å². The Labute approximate surface area is 173 Å². The highest BCUT2D eigenvalue weighted by Gasteiger charge is 2.23. The molecule has 1 aromatic heterocycles. The van der Waals surface area contributed by atoms with Gasteiger partial charge in [0.25, 0.3) is 5.89 Å². The number of carboxylic acid groups (broad SMARTS) is 1. The number of para-hydroxylation sites is 1. The van der Waals surface area contributed by atoms with Crippen LogP contribution in [-0.4, -0.2) is 32.0 Å². The van der Waals surface area contributed by atoms with Gasteiger partial charge in [-0.1, -0.05) is 38.1 Å². The van der Waals surface area contributed by atoms with Gasteiger partial charge in [0.15, 0.2) is 5.82 Å². The number of nitrogens with two attached hydrogens (primary N) is 1. The zero-order valence-electron chi connectivity index (χ0n) is 16.9. The molecule has 9 nitrogen and oxygen atoms in total. The smallest absolute Gasteiger partial charge is 0.354 e. The van der Waals surface area contributed by atoms with Crippen molar-refractivity contribution in [3.05, 3.63) is 53.3 Å². The molecule has 3 aromatic rings. The van der Waals surface area contributed by atoms with Crippen molar-refractivity contribution in [2.45, 2.75) is 32.7 Å². The number of phenolic OH excluding ortho intramolecular Hbond substituents is 1. The molecule has 3 rings (SSSR count). The molecule has 0 aliphatic rings. The summed E-state index contributed by atoms with van der Waals surface area (Å²) in [5.41, 5.74) is 6.78. The molecular weight excluding hydrogens is 386 g/mol. The minimum Gasteiger partial charge on any atom is -0.507 e. The quantitative estimate of drug-likeness (QED) is 0.306. The van der Waals surface area contributed by atoms with E-state index in [1.807, 2.05) is 20.8 Å². The maximum atomic E-state index is 11.1. The van der Waals surface area contributed by atoms with E-state index in [1.54, 1.807) is 24.3 Å². The standard InChI is InChI=1S/C21H23N5O4/c1-21(2,3)20-25-18(30-26-20)13-6-4-5-11(17(13)27)10-24-12-7-8-15(22)14(9-12)16(23)19(28)29/h4-9,23-24,27H,10,22H2,1-3H3,(H,28,29). The summed E-state index contributed by atoms with van der Waals surface area (Å²) >= 11 is 0. The first-order valence-electron chi connectivity index (χ1n) is 9.19. The van der Waals surface area contributed by atoms with Gasteiger partial charge in [-0.25, -0.2) is 4.79 Å². The minimum atomic E-state index is -1.36. The number of nitrogens with one attached hydrogen (secondary N) is 2. The molecule has 6 N–H and O–H groups in total. The Morgan fingerprint density at radius 2 is 2.00 bits per heavy atom. The lowest BCUT2D eigenvalue weighted by atomic mass is 9.96. The van der Waals surface area contributed by atoms with Crippen LogP contribution < -0.4 is 11.1 Å². The number of hydrogen-bond acceptors (Lipinski definition) is 8. The Kier molecular flexibility index (Phi) is 5.46. The number of phenols is 1. The molecule has 1 heterocycles. The first kappa shape index (κ1) is 20.8. The van der Waals surface area contributed by atoms with Crippen LogP contribution in [0.25, 0.3) is 11.5 Å². The first-order chi connectivity index (χ1) is 14.1. The number of hydrogen-bond donors (Lipinski definition) is 5. The van der Waals surface area contributed by atoms with Crippen LogP contribution in [0.15, 0.2) is 40.9 Å². The maximum absolute atomic E-state index is 11.1. The van der Waals surface area contributed by atoms with Gasteiger partial charge < -0.3 is 25.8 Å². The Bertz CT molecular complexity index is 1110. The van der Waals surface area contributed by atoms with E-state index in [9.17, 15) is 9.90 Å². The lowest BCUT2D eigenvalue weighted by Gasteiger charge is -2.12. The van der Waals surface area contributed by atoms with E-state index in [-0.39, 0.29) is 34.9 Å². The third-order valence-corrected chi connectivity index (χ3v) is 4.47. The second-order valence-corrected chi connectivity index (χ2v) is 7.82. The van der Waals surface area contributed by atoms with Crippen molar-refractivity contribution in [2.24, 2.45) is 0 Å². The van der Waals surface area contributed by atoms with Crippen LogP contribution >= 0.6 is 0 Å². The van der Waals surface area contributed by atoms with Crippen molar-refractivity contribution in [3.8, 4) is 17.2 Å². The highest BCUT2D eigenvalue weighted by Crippen LogP contribution is 2.33. The highest BCUT2D eigenvalue weighted by molar-refractivity contribution is 6.42. The molecule has 156 valence electrons. The van der Waals surface area contributed by atoms with Gasteiger partial charge in [0.2, 0.25) is 0 Å². The SMILES string of the molecule is CC(C)(C)c1noc(-c2cccc(CNc3ccc(N)c(C(=N)C(=O)O)c3)c2O)n1. The van der Waals surface area contributed by atoms with Crippen LogP contribution in [0.5, 0.6) is 5.75 Å². The van der Waals surface area contributed by atoms with E-state index in [2.05, 4.69) is 15.5 Å². The number of nitrogens with zero attached hydrogens (tertiary/aromatic N) is 2. The van der Waals surface area contributed by atoms with Gasteiger partial charge in [-0.15, -0.1) is 0 Å².